The van der Waals surface area contributed by atoms with Gasteiger partial charge in [0.2, 0.25) is 0 Å². The van der Waals surface area contributed by atoms with Gasteiger partial charge in [-0.15, -0.1) is 11.3 Å². The molecule has 1 atom stereocenters. The van der Waals surface area contributed by atoms with Crippen molar-refractivity contribution in [2.75, 3.05) is 34.3 Å². The van der Waals surface area contributed by atoms with E-state index in [-0.39, 0.29) is 12.6 Å². The van der Waals surface area contributed by atoms with Crippen molar-refractivity contribution in [3.8, 4) is 5.75 Å². The maximum atomic E-state index is 12.7. The molecular weight excluding hydrogens is 403 g/mol. The highest BCUT2D eigenvalue weighted by Gasteiger charge is 2.33. The molecule has 2 rings (SSSR count). The smallest absolute Gasteiger partial charge is 0.434 e. The molecule has 0 aliphatic carbocycles. The summed E-state index contributed by atoms with van der Waals surface area (Å²) in [7, 11) is 5.57. The number of guanidine groups is 1. The van der Waals surface area contributed by atoms with Crippen LogP contribution in [0.4, 0.5) is 13.2 Å². The van der Waals surface area contributed by atoms with Crippen LogP contribution in [0.2, 0.25) is 0 Å². The standard InChI is InChI=1S/C19H26F3N5OS/c1-5-23-18(25-11-17-26-16(12-29-17)19(20,21)22)24-10-14(27(2)3)13-8-6-7-9-15(13)28-4/h6-9,12,14H,5,10-11H2,1-4H3,(H2,23,24,25). The van der Waals surface area contributed by atoms with Gasteiger partial charge in [0.15, 0.2) is 11.7 Å². The first-order valence-electron chi connectivity index (χ1n) is 9.09. The number of ether oxygens (including phenoxy) is 1. The summed E-state index contributed by atoms with van der Waals surface area (Å²) in [6.45, 7) is 3.15. The fraction of sp³-hybridized carbons (Fsp3) is 0.474. The van der Waals surface area contributed by atoms with E-state index in [1.807, 2.05) is 45.3 Å². The van der Waals surface area contributed by atoms with E-state index in [0.29, 0.717) is 24.1 Å². The van der Waals surface area contributed by atoms with Crippen LogP contribution in [0.25, 0.3) is 0 Å². The van der Waals surface area contributed by atoms with Gasteiger partial charge in [-0.1, -0.05) is 18.2 Å². The van der Waals surface area contributed by atoms with E-state index >= 15 is 0 Å². The van der Waals surface area contributed by atoms with Crippen LogP contribution >= 0.6 is 11.3 Å². The summed E-state index contributed by atoms with van der Waals surface area (Å²) in [5.41, 5.74) is 0.146. The Morgan fingerprint density at radius 2 is 2.00 bits per heavy atom. The molecule has 2 aromatic rings. The molecular formula is C19H26F3N5OS. The second-order valence-electron chi connectivity index (χ2n) is 6.42. The van der Waals surface area contributed by atoms with Gasteiger partial charge in [0.1, 0.15) is 10.8 Å². The lowest BCUT2D eigenvalue weighted by Crippen LogP contribution is -2.41. The van der Waals surface area contributed by atoms with E-state index in [0.717, 1.165) is 28.0 Å². The number of nitrogens with one attached hydrogen (secondary N) is 2. The van der Waals surface area contributed by atoms with Crippen LogP contribution in [-0.2, 0) is 12.7 Å². The van der Waals surface area contributed by atoms with Crippen LogP contribution in [0.15, 0.2) is 34.6 Å². The molecule has 1 heterocycles. The molecule has 0 radical (unpaired) electrons. The van der Waals surface area contributed by atoms with E-state index in [4.69, 9.17) is 4.74 Å². The number of nitrogens with zero attached hydrogens (tertiary/aromatic N) is 3. The van der Waals surface area contributed by atoms with E-state index in [1.165, 1.54) is 0 Å². The molecule has 0 spiro atoms. The molecule has 6 nitrogen and oxygen atoms in total. The van der Waals surface area contributed by atoms with Gasteiger partial charge in [0, 0.05) is 24.0 Å². The lowest BCUT2D eigenvalue weighted by Gasteiger charge is -2.27. The van der Waals surface area contributed by atoms with Crippen molar-refractivity contribution in [1.29, 1.82) is 0 Å². The highest BCUT2D eigenvalue weighted by molar-refractivity contribution is 7.09. The van der Waals surface area contributed by atoms with E-state index in [1.54, 1.807) is 7.11 Å². The minimum absolute atomic E-state index is 0.00620. The number of likely N-dealkylation sites (N-methyl/N-ethyl adjacent to an activating group) is 1. The summed E-state index contributed by atoms with van der Waals surface area (Å²) in [5.74, 6) is 1.30. The average Bonchev–Trinajstić information content (AvgIpc) is 3.16. The number of aliphatic imine (C=N–C) groups is 1. The molecule has 0 saturated carbocycles. The molecule has 1 aromatic carbocycles. The summed E-state index contributed by atoms with van der Waals surface area (Å²) in [5, 5.41) is 7.68. The summed E-state index contributed by atoms with van der Waals surface area (Å²) in [6.07, 6.45) is -4.44. The summed E-state index contributed by atoms with van der Waals surface area (Å²) >= 11 is 0.949. The SMILES string of the molecule is CCNC(=NCc1nc(C(F)(F)F)cs1)NCC(c1ccccc1OC)N(C)C. The van der Waals surface area contributed by atoms with Gasteiger partial charge in [-0.2, -0.15) is 13.2 Å². The average molecular weight is 430 g/mol. The first kappa shape index (κ1) is 23.0. The quantitative estimate of drug-likeness (QED) is 0.497. The number of hydrogen-bond acceptors (Lipinski definition) is 5. The summed E-state index contributed by atoms with van der Waals surface area (Å²) in [4.78, 5) is 10.0. The molecule has 160 valence electrons. The monoisotopic (exact) mass is 429 g/mol. The fourth-order valence-corrected chi connectivity index (χ4v) is 3.43. The van der Waals surface area contributed by atoms with E-state index in [2.05, 4.69) is 25.5 Å². The lowest BCUT2D eigenvalue weighted by atomic mass is 10.0. The van der Waals surface area contributed by atoms with Crippen molar-refractivity contribution in [2.24, 2.45) is 4.99 Å². The number of aromatic nitrogens is 1. The van der Waals surface area contributed by atoms with Gasteiger partial charge < -0.3 is 20.3 Å². The van der Waals surface area contributed by atoms with Crippen LogP contribution in [0.3, 0.4) is 0 Å². The zero-order valence-corrected chi connectivity index (χ0v) is 17.7. The number of methoxy groups -OCH3 is 1. The number of rotatable bonds is 8. The second-order valence-corrected chi connectivity index (χ2v) is 7.36. The van der Waals surface area contributed by atoms with Crippen molar-refractivity contribution in [1.82, 2.24) is 20.5 Å². The van der Waals surface area contributed by atoms with Crippen LogP contribution in [-0.4, -0.2) is 50.1 Å². The predicted molar refractivity (Wildman–Crippen MR) is 109 cm³/mol. The van der Waals surface area contributed by atoms with Crippen molar-refractivity contribution in [2.45, 2.75) is 25.7 Å². The molecule has 29 heavy (non-hydrogen) atoms. The third-order valence-electron chi connectivity index (χ3n) is 4.14. The molecule has 1 aromatic heterocycles. The number of halogens is 3. The first-order valence-corrected chi connectivity index (χ1v) is 9.97. The van der Waals surface area contributed by atoms with E-state index in [9.17, 15) is 13.2 Å². The topological polar surface area (TPSA) is 61.8 Å². The zero-order chi connectivity index (χ0) is 21.4. The van der Waals surface area contributed by atoms with Gasteiger partial charge in [-0.05, 0) is 27.1 Å². The normalized spacial score (nSPS) is 13.4. The Morgan fingerprint density at radius 3 is 2.59 bits per heavy atom. The van der Waals surface area contributed by atoms with Crippen molar-refractivity contribution < 1.29 is 17.9 Å². The Labute approximate surface area is 172 Å². The minimum Gasteiger partial charge on any atom is -0.496 e. The predicted octanol–water partition coefficient (Wildman–Crippen LogP) is 3.53. The molecule has 0 aliphatic rings. The minimum atomic E-state index is -4.44. The van der Waals surface area contributed by atoms with Gasteiger partial charge in [-0.25, -0.2) is 9.98 Å². The molecule has 10 heteroatoms. The summed E-state index contributed by atoms with van der Waals surface area (Å²) < 4.78 is 43.6. The van der Waals surface area contributed by atoms with Crippen LogP contribution in [0.5, 0.6) is 5.75 Å². The van der Waals surface area contributed by atoms with Gasteiger partial charge in [0.25, 0.3) is 0 Å². The summed E-state index contributed by atoms with van der Waals surface area (Å²) in [6, 6.07) is 7.78. The number of para-hydroxylation sites is 1. The van der Waals surface area contributed by atoms with Gasteiger partial charge >= 0.3 is 6.18 Å². The van der Waals surface area contributed by atoms with Crippen LogP contribution < -0.4 is 15.4 Å². The molecule has 2 N–H and O–H groups in total. The zero-order valence-electron chi connectivity index (χ0n) is 16.9. The molecule has 0 aliphatic heterocycles. The third-order valence-corrected chi connectivity index (χ3v) is 4.98. The number of benzene rings is 1. The van der Waals surface area contributed by atoms with Crippen molar-refractivity contribution >= 4 is 17.3 Å². The lowest BCUT2D eigenvalue weighted by molar-refractivity contribution is -0.140. The Balaban J connectivity index is 2.10. The first-order chi connectivity index (χ1) is 13.8. The van der Waals surface area contributed by atoms with Gasteiger partial charge in [0.05, 0.1) is 19.7 Å². The maximum absolute atomic E-state index is 12.7. The number of hydrogen-bond donors (Lipinski definition) is 2. The fourth-order valence-electron chi connectivity index (χ4n) is 2.71. The molecule has 1 unspecified atom stereocenters. The Bertz CT molecular complexity index is 807. The van der Waals surface area contributed by atoms with Gasteiger partial charge in [-0.3, -0.25) is 0 Å². The van der Waals surface area contributed by atoms with E-state index < -0.39 is 11.9 Å². The molecule has 0 amide bonds. The Morgan fingerprint density at radius 1 is 1.28 bits per heavy atom. The second kappa shape index (κ2) is 10.4. The number of thiazole rings is 1. The van der Waals surface area contributed by atoms with Crippen LogP contribution in [0, 0.1) is 0 Å². The molecule has 0 fully saturated rings. The highest BCUT2D eigenvalue weighted by Crippen LogP contribution is 2.30. The van der Waals surface area contributed by atoms with Crippen molar-refractivity contribution in [3.05, 3.63) is 45.9 Å². The third kappa shape index (κ3) is 6.60. The Kier molecular flexibility index (Phi) is 8.27. The number of alkyl halides is 3. The molecule has 0 bridgehead atoms. The van der Waals surface area contributed by atoms with Crippen molar-refractivity contribution in [3.63, 3.8) is 0 Å². The van der Waals surface area contributed by atoms with Crippen LogP contribution in [0.1, 0.15) is 29.2 Å². The maximum Gasteiger partial charge on any atom is 0.434 e. The largest absolute Gasteiger partial charge is 0.496 e. The Hall–Kier alpha value is -2.33. The highest BCUT2D eigenvalue weighted by atomic mass is 32.1. The molecule has 0 saturated heterocycles.